The third kappa shape index (κ3) is 2.86. The highest BCUT2D eigenvalue weighted by Crippen LogP contribution is 2.52. The van der Waals surface area contributed by atoms with Crippen LogP contribution < -0.4 is 0 Å². The van der Waals surface area contributed by atoms with E-state index in [4.69, 9.17) is 0 Å². The van der Waals surface area contributed by atoms with E-state index in [-0.39, 0.29) is 10.8 Å². The topological polar surface area (TPSA) is 3.24 Å². The van der Waals surface area contributed by atoms with Gasteiger partial charge in [0.15, 0.2) is 0 Å². The molecule has 114 valence electrons. The molecule has 1 unspecified atom stereocenters. The first-order chi connectivity index (χ1) is 9.25. The molecule has 0 saturated carbocycles. The monoisotopic (exact) mass is 279 g/mol. The third-order valence-electron chi connectivity index (χ3n) is 6.12. The van der Waals surface area contributed by atoms with Gasteiger partial charge in [0.2, 0.25) is 0 Å². The fourth-order valence-corrected chi connectivity index (χ4v) is 3.67. The minimum Gasteiger partial charge on any atom is -0.306 e. The fraction of sp³-hybridized carbons (Fsp3) is 0.778. The van der Waals surface area contributed by atoms with Crippen molar-refractivity contribution >= 4 is 0 Å². The summed E-state index contributed by atoms with van der Waals surface area (Å²) in [7, 11) is 2.21. The van der Waals surface area contributed by atoms with Crippen LogP contribution in [0.5, 0.6) is 0 Å². The predicted molar refractivity (Wildman–Crippen MR) is 84.5 cm³/mol. The molecule has 2 heteroatoms. The second-order valence-corrected chi connectivity index (χ2v) is 7.69. The Kier molecular flexibility index (Phi) is 4.44. The molecule has 0 aromatic rings. The third-order valence-corrected chi connectivity index (χ3v) is 6.12. The number of halogens is 1. The minimum absolute atomic E-state index is 0.0875. The SMILES string of the molecule is CN1CCC(C(C)(C)C(C)(C)C2=CCC(F)C=C2)CC1. The highest BCUT2D eigenvalue weighted by Gasteiger charge is 2.45. The van der Waals surface area contributed by atoms with Crippen LogP contribution in [0, 0.1) is 16.7 Å². The van der Waals surface area contributed by atoms with Crippen LogP contribution in [0.4, 0.5) is 4.39 Å². The van der Waals surface area contributed by atoms with Gasteiger partial charge in [-0.15, -0.1) is 0 Å². The standard InChI is InChI=1S/C18H30FN/c1-17(2,14-6-8-16(19)9-7-14)18(3,4)15-10-12-20(5)13-11-15/h6-8,15-16H,9-13H2,1-5H3. The van der Waals surface area contributed by atoms with Gasteiger partial charge in [-0.2, -0.15) is 0 Å². The second kappa shape index (κ2) is 5.63. The van der Waals surface area contributed by atoms with Gasteiger partial charge in [0, 0.05) is 6.42 Å². The van der Waals surface area contributed by atoms with Crippen LogP contribution in [0.3, 0.4) is 0 Å². The van der Waals surface area contributed by atoms with Crippen LogP contribution in [0.15, 0.2) is 23.8 Å². The lowest BCUT2D eigenvalue weighted by atomic mass is 9.56. The van der Waals surface area contributed by atoms with Crippen molar-refractivity contribution in [3.63, 3.8) is 0 Å². The van der Waals surface area contributed by atoms with E-state index in [1.54, 1.807) is 6.08 Å². The molecule has 20 heavy (non-hydrogen) atoms. The molecule has 1 heterocycles. The van der Waals surface area contributed by atoms with Gasteiger partial charge in [-0.1, -0.05) is 45.9 Å². The molecular weight excluding hydrogens is 249 g/mol. The van der Waals surface area contributed by atoms with Crippen molar-refractivity contribution < 1.29 is 4.39 Å². The van der Waals surface area contributed by atoms with E-state index >= 15 is 0 Å². The van der Waals surface area contributed by atoms with E-state index < -0.39 is 6.17 Å². The molecule has 1 fully saturated rings. The first kappa shape index (κ1) is 15.8. The number of piperidine rings is 1. The Bertz CT molecular complexity index is 398. The van der Waals surface area contributed by atoms with Gasteiger partial charge in [0.05, 0.1) is 0 Å². The van der Waals surface area contributed by atoms with Crippen LogP contribution in [0.2, 0.25) is 0 Å². The van der Waals surface area contributed by atoms with Gasteiger partial charge < -0.3 is 4.90 Å². The largest absolute Gasteiger partial charge is 0.306 e. The molecule has 1 atom stereocenters. The summed E-state index contributed by atoms with van der Waals surface area (Å²) in [5.74, 6) is 0.742. The van der Waals surface area contributed by atoms with E-state index in [2.05, 4.69) is 45.7 Å². The van der Waals surface area contributed by atoms with Crippen molar-refractivity contribution in [3.05, 3.63) is 23.8 Å². The Morgan fingerprint density at radius 1 is 1.15 bits per heavy atom. The van der Waals surface area contributed by atoms with Gasteiger partial charge in [0.25, 0.3) is 0 Å². The molecule has 2 rings (SSSR count). The predicted octanol–water partition coefficient (Wildman–Crippen LogP) is 4.61. The number of allylic oxidation sites excluding steroid dienone is 4. The van der Waals surface area contributed by atoms with E-state index in [0.29, 0.717) is 6.42 Å². The van der Waals surface area contributed by atoms with Crippen molar-refractivity contribution in [2.45, 2.75) is 53.1 Å². The molecule has 1 aliphatic carbocycles. The normalized spacial score (nSPS) is 26.7. The van der Waals surface area contributed by atoms with E-state index in [1.165, 1.54) is 31.5 Å². The summed E-state index contributed by atoms with van der Waals surface area (Å²) >= 11 is 0. The van der Waals surface area contributed by atoms with Gasteiger partial charge in [-0.3, -0.25) is 0 Å². The highest BCUT2D eigenvalue weighted by atomic mass is 19.1. The molecule has 0 aromatic carbocycles. The summed E-state index contributed by atoms with van der Waals surface area (Å²) in [6.45, 7) is 11.9. The number of hydrogen-bond acceptors (Lipinski definition) is 1. The molecule has 1 aliphatic heterocycles. The van der Waals surface area contributed by atoms with Gasteiger partial charge >= 0.3 is 0 Å². The Labute approximate surface area is 123 Å². The maximum absolute atomic E-state index is 13.3. The lowest BCUT2D eigenvalue weighted by Crippen LogP contribution is -2.45. The number of alkyl halides is 1. The van der Waals surface area contributed by atoms with Crippen molar-refractivity contribution in [2.75, 3.05) is 20.1 Å². The molecule has 0 radical (unpaired) electrons. The lowest BCUT2D eigenvalue weighted by Gasteiger charge is -2.50. The highest BCUT2D eigenvalue weighted by molar-refractivity contribution is 5.32. The molecule has 1 saturated heterocycles. The summed E-state index contributed by atoms with van der Waals surface area (Å²) in [5, 5.41) is 0. The van der Waals surface area contributed by atoms with Crippen LogP contribution in [0.25, 0.3) is 0 Å². The number of likely N-dealkylation sites (tertiary alicyclic amines) is 1. The maximum Gasteiger partial charge on any atom is 0.122 e. The fourth-order valence-electron chi connectivity index (χ4n) is 3.67. The number of nitrogens with zero attached hydrogens (tertiary/aromatic N) is 1. The molecule has 0 N–H and O–H groups in total. The van der Waals surface area contributed by atoms with Crippen molar-refractivity contribution in [1.29, 1.82) is 0 Å². The van der Waals surface area contributed by atoms with E-state index in [9.17, 15) is 4.39 Å². The van der Waals surface area contributed by atoms with Crippen molar-refractivity contribution in [3.8, 4) is 0 Å². The van der Waals surface area contributed by atoms with Crippen LogP contribution >= 0.6 is 0 Å². The Balaban J connectivity index is 2.16. The lowest BCUT2D eigenvalue weighted by molar-refractivity contribution is 0.0306. The first-order valence-electron chi connectivity index (χ1n) is 7.96. The second-order valence-electron chi connectivity index (χ2n) is 7.69. The number of hydrogen-bond donors (Lipinski definition) is 0. The summed E-state index contributed by atoms with van der Waals surface area (Å²) in [4.78, 5) is 2.42. The molecule has 0 amide bonds. The van der Waals surface area contributed by atoms with Crippen molar-refractivity contribution in [1.82, 2.24) is 4.90 Å². The quantitative estimate of drug-likeness (QED) is 0.729. The zero-order valence-electron chi connectivity index (χ0n) is 13.7. The maximum atomic E-state index is 13.3. The zero-order valence-corrected chi connectivity index (χ0v) is 13.7. The van der Waals surface area contributed by atoms with Crippen molar-refractivity contribution in [2.24, 2.45) is 16.7 Å². The molecular formula is C18H30FN. The average molecular weight is 279 g/mol. The van der Waals surface area contributed by atoms with Crippen LogP contribution in [0.1, 0.15) is 47.0 Å². The van der Waals surface area contributed by atoms with Crippen LogP contribution in [-0.2, 0) is 0 Å². The molecule has 0 aromatic heterocycles. The van der Waals surface area contributed by atoms with Gasteiger partial charge in [-0.25, -0.2) is 4.39 Å². The number of rotatable bonds is 3. The van der Waals surface area contributed by atoms with Gasteiger partial charge in [-0.05, 0) is 55.3 Å². The molecule has 1 nitrogen and oxygen atoms in total. The van der Waals surface area contributed by atoms with E-state index in [0.717, 1.165) is 5.92 Å². The summed E-state index contributed by atoms with van der Waals surface area (Å²) in [6, 6.07) is 0. The smallest absolute Gasteiger partial charge is 0.122 e. The molecule has 0 bridgehead atoms. The first-order valence-corrected chi connectivity index (χ1v) is 7.96. The molecule has 0 spiro atoms. The Morgan fingerprint density at radius 2 is 1.75 bits per heavy atom. The summed E-state index contributed by atoms with van der Waals surface area (Å²) in [6.07, 6.45) is 8.15. The van der Waals surface area contributed by atoms with Gasteiger partial charge in [0.1, 0.15) is 6.17 Å². The average Bonchev–Trinajstić information content (AvgIpc) is 2.39. The van der Waals surface area contributed by atoms with Crippen LogP contribution in [-0.4, -0.2) is 31.2 Å². The summed E-state index contributed by atoms with van der Waals surface area (Å²) in [5.41, 5.74) is 1.63. The zero-order chi connectivity index (χ0) is 15.0. The molecule has 2 aliphatic rings. The Hall–Kier alpha value is -0.630. The Morgan fingerprint density at radius 3 is 2.25 bits per heavy atom. The summed E-state index contributed by atoms with van der Waals surface area (Å²) < 4.78 is 13.3. The van der Waals surface area contributed by atoms with E-state index in [1.807, 2.05) is 6.08 Å². The minimum atomic E-state index is -0.791.